The summed E-state index contributed by atoms with van der Waals surface area (Å²) >= 11 is -1.86. The summed E-state index contributed by atoms with van der Waals surface area (Å²) in [6.07, 6.45) is 2.08. The second-order valence-corrected chi connectivity index (χ2v) is 7.81. The Morgan fingerprint density at radius 3 is 2.61 bits per heavy atom. The van der Waals surface area contributed by atoms with E-state index in [1.54, 1.807) is 12.1 Å². The first-order valence-corrected chi connectivity index (χ1v) is 10.2. The van der Waals surface area contributed by atoms with Gasteiger partial charge in [-0.3, -0.25) is 9.79 Å². The molecule has 2 atom stereocenters. The van der Waals surface area contributed by atoms with Gasteiger partial charge < -0.3 is 8.97 Å². The van der Waals surface area contributed by atoms with Crippen LogP contribution >= 0.6 is 0 Å². The van der Waals surface area contributed by atoms with Gasteiger partial charge >= 0.3 is 0 Å². The zero-order valence-electron chi connectivity index (χ0n) is 15.3. The van der Waals surface area contributed by atoms with Crippen molar-refractivity contribution in [3.63, 3.8) is 0 Å². The number of aliphatic imine (C=N–C) groups is 1. The molecule has 1 unspecified atom stereocenters. The molecule has 28 heavy (non-hydrogen) atoms. The van der Waals surface area contributed by atoms with Gasteiger partial charge in [0.25, 0.3) is 0 Å². The normalized spacial score (nSPS) is 16.9. The molecule has 1 aromatic heterocycles. The lowest BCUT2D eigenvalue weighted by Gasteiger charge is -2.23. The summed E-state index contributed by atoms with van der Waals surface area (Å²) in [5, 5.41) is 0. The van der Waals surface area contributed by atoms with Gasteiger partial charge in [0, 0.05) is 5.71 Å². The predicted octanol–water partition coefficient (Wildman–Crippen LogP) is 5.13. The van der Waals surface area contributed by atoms with Gasteiger partial charge in [0.05, 0.1) is 23.6 Å². The minimum Gasteiger partial charge on any atom is -0.461 e. The van der Waals surface area contributed by atoms with Crippen LogP contribution in [0.15, 0.2) is 70.3 Å². The molecule has 0 saturated heterocycles. The Hall–Kier alpha value is -2.83. The molecule has 0 amide bonds. The van der Waals surface area contributed by atoms with Crippen molar-refractivity contribution in [2.45, 2.75) is 25.0 Å². The number of ketones is 1. The number of fused-ring (bicyclic) bond motifs is 1. The van der Waals surface area contributed by atoms with Crippen LogP contribution in [-0.4, -0.2) is 20.3 Å². The number of nitrogens with zero attached hydrogens (tertiary/aromatic N) is 1. The maximum Gasteiger partial charge on any atom is 0.205 e. The van der Waals surface area contributed by atoms with Gasteiger partial charge in [0.1, 0.15) is 0 Å². The number of furan rings is 1. The summed E-state index contributed by atoms with van der Waals surface area (Å²) in [4.78, 5) is 17.6. The van der Waals surface area contributed by atoms with Crippen LogP contribution in [0, 0.1) is 0 Å². The molecule has 142 valence electrons. The molecule has 2 heterocycles. The van der Waals surface area contributed by atoms with Gasteiger partial charge in [-0.25, -0.2) is 4.21 Å². The van der Waals surface area contributed by atoms with E-state index in [1.807, 2.05) is 49.4 Å². The van der Waals surface area contributed by atoms with Gasteiger partial charge in [-0.05, 0) is 59.9 Å². The zero-order chi connectivity index (χ0) is 19.7. The van der Waals surface area contributed by atoms with E-state index in [4.69, 9.17) is 8.97 Å². The molecule has 0 saturated carbocycles. The van der Waals surface area contributed by atoms with E-state index < -0.39 is 11.1 Å². The molecule has 1 N–H and O–H groups in total. The molecule has 0 bridgehead atoms. The highest BCUT2D eigenvalue weighted by molar-refractivity contribution is 7.78. The van der Waals surface area contributed by atoms with Crippen LogP contribution in [0.3, 0.4) is 0 Å². The van der Waals surface area contributed by atoms with Gasteiger partial charge in [-0.15, -0.1) is 0 Å². The Morgan fingerprint density at radius 2 is 1.93 bits per heavy atom. The predicted molar refractivity (Wildman–Crippen MR) is 110 cm³/mol. The second kappa shape index (κ2) is 7.66. The van der Waals surface area contributed by atoms with Gasteiger partial charge in [-0.2, -0.15) is 0 Å². The van der Waals surface area contributed by atoms with Crippen molar-refractivity contribution in [2.24, 2.45) is 4.99 Å². The Labute approximate surface area is 165 Å². The van der Waals surface area contributed by atoms with E-state index in [0.717, 1.165) is 33.7 Å². The van der Waals surface area contributed by atoms with Crippen LogP contribution in [0.1, 0.15) is 40.9 Å². The van der Waals surface area contributed by atoms with Crippen LogP contribution in [0.2, 0.25) is 0 Å². The molecule has 1 aliphatic heterocycles. The lowest BCUT2D eigenvalue weighted by Crippen LogP contribution is -2.18. The molecule has 4 rings (SSSR count). The SMILES string of the molecule is CC1=Nc2ccc(-c3ccc(CS(=O)O)cc3)cc2[C@@H](C(=O)c2ccco2)C1. The molecular weight excluding hydrogens is 374 g/mol. The minimum atomic E-state index is -1.86. The maximum atomic E-state index is 13.0. The standard InChI is InChI=1S/C22H19NO4S/c1-14-11-19(22(24)21-3-2-10-27-21)18-12-17(8-9-20(18)23-14)16-6-4-15(5-7-16)13-28(25)26/h2-10,12,19H,11,13H2,1H3,(H,25,26)/t19-/m0/s1. The van der Waals surface area contributed by atoms with E-state index in [1.165, 1.54) is 6.26 Å². The van der Waals surface area contributed by atoms with E-state index >= 15 is 0 Å². The van der Waals surface area contributed by atoms with Crippen LogP contribution in [0.25, 0.3) is 11.1 Å². The molecule has 0 radical (unpaired) electrons. The Bertz CT molecular complexity index is 1070. The number of benzene rings is 2. The Morgan fingerprint density at radius 1 is 1.18 bits per heavy atom. The summed E-state index contributed by atoms with van der Waals surface area (Å²) < 4.78 is 25.3. The van der Waals surface area contributed by atoms with E-state index in [0.29, 0.717) is 12.2 Å². The first kappa shape index (κ1) is 18.5. The summed E-state index contributed by atoms with van der Waals surface area (Å²) in [6, 6.07) is 16.9. The number of carbonyl (C=O) groups is 1. The zero-order valence-corrected chi connectivity index (χ0v) is 16.1. The van der Waals surface area contributed by atoms with Crippen molar-refractivity contribution < 1.29 is 18.0 Å². The van der Waals surface area contributed by atoms with E-state index in [9.17, 15) is 9.00 Å². The highest BCUT2D eigenvalue weighted by atomic mass is 32.2. The van der Waals surface area contributed by atoms with Crippen molar-refractivity contribution in [3.8, 4) is 11.1 Å². The highest BCUT2D eigenvalue weighted by Gasteiger charge is 2.30. The fourth-order valence-corrected chi connectivity index (χ4v) is 4.01. The molecule has 5 nitrogen and oxygen atoms in total. The first-order chi connectivity index (χ1) is 13.5. The number of hydrogen-bond acceptors (Lipinski definition) is 4. The maximum absolute atomic E-state index is 13.0. The molecule has 0 aliphatic carbocycles. The van der Waals surface area contributed by atoms with Crippen molar-refractivity contribution in [1.82, 2.24) is 0 Å². The molecule has 2 aromatic carbocycles. The van der Waals surface area contributed by atoms with E-state index in [2.05, 4.69) is 4.99 Å². The van der Waals surface area contributed by atoms with Crippen LogP contribution in [0.4, 0.5) is 5.69 Å². The average molecular weight is 393 g/mol. The number of hydrogen-bond donors (Lipinski definition) is 1. The molecule has 1 aliphatic rings. The Kier molecular flexibility index (Phi) is 5.07. The Balaban J connectivity index is 1.70. The number of rotatable bonds is 5. The van der Waals surface area contributed by atoms with Crippen LogP contribution in [0.5, 0.6) is 0 Å². The lowest BCUT2D eigenvalue weighted by atomic mass is 9.84. The largest absolute Gasteiger partial charge is 0.461 e. The monoisotopic (exact) mass is 393 g/mol. The third-order valence-electron chi connectivity index (χ3n) is 4.87. The summed E-state index contributed by atoms with van der Waals surface area (Å²) in [6.45, 7) is 1.93. The molecule has 6 heteroatoms. The van der Waals surface area contributed by atoms with Crippen molar-refractivity contribution in [2.75, 3.05) is 0 Å². The van der Waals surface area contributed by atoms with Crippen molar-refractivity contribution in [1.29, 1.82) is 0 Å². The smallest absolute Gasteiger partial charge is 0.205 e. The van der Waals surface area contributed by atoms with Crippen LogP contribution in [-0.2, 0) is 16.8 Å². The first-order valence-electron chi connectivity index (χ1n) is 8.94. The van der Waals surface area contributed by atoms with Gasteiger partial charge in [-0.1, -0.05) is 30.3 Å². The molecule has 0 spiro atoms. The third-order valence-corrected chi connectivity index (χ3v) is 5.45. The topological polar surface area (TPSA) is 79.9 Å². The third kappa shape index (κ3) is 3.74. The fraction of sp³-hybridized carbons (Fsp3) is 0.182. The summed E-state index contributed by atoms with van der Waals surface area (Å²) in [5.74, 6) is 0.101. The highest BCUT2D eigenvalue weighted by Crippen LogP contribution is 2.39. The quantitative estimate of drug-likeness (QED) is 0.481. The fourth-order valence-electron chi connectivity index (χ4n) is 3.53. The van der Waals surface area contributed by atoms with Crippen LogP contribution < -0.4 is 0 Å². The minimum absolute atomic E-state index is 0.0431. The lowest BCUT2D eigenvalue weighted by molar-refractivity contribution is 0.0933. The summed E-state index contributed by atoms with van der Waals surface area (Å²) in [7, 11) is 0. The van der Waals surface area contributed by atoms with Crippen molar-refractivity contribution in [3.05, 3.63) is 77.7 Å². The number of carbonyl (C=O) groups excluding carboxylic acids is 1. The molecule has 3 aromatic rings. The second-order valence-electron chi connectivity index (χ2n) is 6.88. The number of Topliss-reactive ketones (excluding diaryl/α,β-unsaturated/α-hetero) is 1. The van der Waals surface area contributed by atoms with Crippen molar-refractivity contribution >= 4 is 28.3 Å². The summed E-state index contributed by atoms with van der Waals surface area (Å²) in [5.41, 5.74) is 5.38. The van der Waals surface area contributed by atoms with E-state index in [-0.39, 0.29) is 17.5 Å². The average Bonchev–Trinajstić information content (AvgIpc) is 3.21. The van der Waals surface area contributed by atoms with Gasteiger partial charge in [0.15, 0.2) is 16.8 Å². The molecular formula is C22H19NO4S. The van der Waals surface area contributed by atoms with Gasteiger partial charge in [0.2, 0.25) is 5.78 Å². The molecule has 0 fully saturated rings.